The first kappa shape index (κ1) is 23.7. The molecule has 0 spiro atoms. The van der Waals surface area contributed by atoms with Gasteiger partial charge in [0.2, 0.25) is 0 Å². The first-order chi connectivity index (χ1) is 17.2. The zero-order valence-corrected chi connectivity index (χ0v) is 20.9. The van der Waals surface area contributed by atoms with Crippen LogP contribution in [0.3, 0.4) is 0 Å². The van der Waals surface area contributed by atoms with Crippen LogP contribution in [0.4, 0.5) is 11.7 Å². The topological polar surface area (TPSA) is 54.2 Å². The summed E-state index contributed by atoms with van der Waals surface area (Å²) in [6.07, 6.45) is 2.57. The predicted octanol–water partition coefficient (Wildman–Crippen LogP) is 4.63. The van der Waals surface area contributed by atoms with Crippen molar-refractivity contribution < 1.29 is 13.9 Å². The number of hydrogen-bond acceptors (Lipinski definition) is 7. The van der Waals surface area contributed by atoms with Crippen LogP contribution in [0.1, 0.15) is 35.4 Å². The zero-order valence-electron chi connectivity index (χ0n) is 20.9. The van der Waals surface area contributed by atoms with Gasteiger partial charge in [-0.05, 0) is 55.2 Å². The van der Waals surface area contributed by atoms with Gasteiger partial charge in [0.25, 0.3) is 6.01 Å². The number of ether oxygens (including phenoxy) is 2. The van der Waals surface area contributed by atoms with Crippen LogP contribution in [0, 0.1) is 6.92 Å². The lowest BCUT2D eigenvalue weighted by molar-refractivity contribution is 0.0313. The fraction of sp³-hybridized carbons (Fsp3) is 0.464. The Hall–Kier alpha value is -3.03. The van der Waals surface area contributed by atoms with Crippen molar-refractivity contribution in [2.45, 2.75) is 39.4 Å². The van der Waals surface area contributed by atoms with E-state index in [-0.39, 0.29) is 0 Å². The van der Waals surface area contributed by atoms with Crippen LogP contribution in [0.5, 0.6) is 5.75 Å². The fourth-order valence-corrected chi connectivity index (χ4v) is 4.85. The zero-order chi connectivity index (χ0) is 24.0. The van der Waals surface area contributed by atoms with Crippen molar-refractivity contribution in [3.05, 3.63) is 71.1 Å². The number of anilines is 2. The SMILES string of the molecule is COc1cccc(CN(Cc2ccc(N3CCCC3)cc2)c2nc(C)c(CN3CCOCC3)o2)c1. The molecule has 0 N–H and O–H groups in total. The van der Waals surface area contributed by atoms with Gasteiger partial charge in [0.15, 0.2) is 0 Å². The Morgan fingerprint density at radius 3 is 2.43 bits per heavy atom. The molecule has 0 unspecified atom stereocenters. The third kappa shape index (κ3) is 5.97. The van der Waals surface area contributed by atoms with Crippen molar-refractivity contribution in [1.82, 2.24) is 9.88 Å². The van der Waals surface area contributed by atoms with E-state index in [0.717, 1.165) is 68.7 Å². The molecule has 35 heavy (non-hydrogen) atoms. The number of oxazole rings is 1. The van der Waals surface area contributed by atoms with Crippen molar-refractivity contribution in [2.75, 3.05) is 56.3 Å². The van der Waals surface area contributed by atoms with Crippen molar-refractivity contribution in [2.24, 2.45) is 0 Å². The van der Waals surface area contributed by atoms with Crippen LogP contribution in [0.2, 0.25) is 0 Å². The van der Waals surface area contributed by atoms with Crippen LogP contribution in [-0.4, -0.2) is 56.4 Å². The Morgan fingerprint density at radius 2 is 1.69 bits per heavy atom. The molecule has 2 aliphatic heterocycles. The molecule has 3 aromatic rings. The van der Waals surface area contributed by atoms with E-state index in [1.807, 2.05) is 19.1 Å². The summed E-state index contributed by atoms with van der Waals surface area (Å²) in [6, 6.07) is 17.8. The summed E-state index contributed by atoms with van der Waals surface area (Å²) in [4.78, 5) is 11.9. The van der Waals surface area contributed by atoms with E-state index in [0.29, 0.717) is 19.1 Å². The third-order valence-corrected chi connectivity index (χ3v) is 6.91. The maximum Gasteiger partial charge on any atom is 0.298 e. The van der Waals surface area contributed by atoms with Gasteiger partial charge in [-0.15, -0.1) is 0 Å². The van der Waals surface area contributed by atoms with Gasteiger partial charge >= 0.3 is 0 Å². The maximum absolute atomic E-state index is 6.38. The normalized spacial score (nSPS) is 16.6. The highest BCUT2D eigenvalue weighted by Gasteiger charge is 2.21. The molecule has 0 saturated carbocycles. The minimum Gasteiger partial charge on any atom is -0.497 e. The monoisotopic (exact) mass is 476 g/mol. The molecule has 186 valence electrons. The molecule has 0 amide bonds. The molecular weight excluding hydrogens is 440 g/mol. The first-order valence-electron chi connectivity index (χ1n) is 12.7. The Morgan fingerprint density at radius 1 is 0.943 bits per heavy atom. The van der Waals surface area contributed by atoms with Gasteiger partial charge in [0.1, 0.15) is 11.5 Å². The number of benzene rings is 2. The highest BCUT2D eigenvalue weighted by atomic mass is 16.5. The van der Waals surface area contributed by atoms with E-state index in [9.17, 15) is 0 Å². The molecule has 0 aliphatic carbocycles. The van der Waals surface area contributed by atoms with Crippen molar-refractivity contribution in [3.8, 4) is 5.75 Å². The molecule has 1 aromatic heterocycles. The molecule has 0 atom stereocenters. The number of morpholine rings is 1. The van der Waals surface area contributed by atoms with E-state index in [2.05, 4.69) is 51.1 Å². The van der Waals surface area contributed by atoms with Gasteiger partial charge in [-0.1, -0.05) is 24.3 Å². The Labute approximate surface area is 208 Å². The molecule has 2 aromatic carbocycles. The summed E-state index contributed by atoms with van der Waals surface area (Å²) in [7, 11) is 1.70. The first-order valence-corrected chi connectivity index (χ1v) is 12.7. The van der Waals surface area contributed by atoms with Gasteiger partial charge in [0.05, 0.1) is 32.6 Å². The fourth-order valence-electron chi connectivity index (χ4n) is 4.85. The molecule has 0 bridgehead atoms. The Bertz CT molecular complexity index is 1090. The minimum absolute atomic E-state index is 0.664. The second kappa shape index (κ2) is 11.1. The van der Waals surface area contributed by atoms with Gasteiger partial charge in [0, 0.05) is 45.0 Å². The van der Waals surface area contributed by atoms with Crippen molar-refractivity contribution in [3.63, 3.8) is 0 Å². The Kier molecular flexibility index (Phi) is 7.54. The van der Waals surface area contributed by atoms with E-state index < -0.39 is 0 Å². The second-order valence-corrected chi connectivity index (χ2v) is 9.46. The van der Waals surface area contributed by atoms with Crippen LogP contribution in [0.15, 0.2) is 52.9 Å². The summed E-state index contributed by atoms with van der Waals surface area (Å²) in [6.45, 7) is 9.91. The average molecular weight is 477 g/mol. The number of aryl methyl sites for hydroxylation is 1. The Balaban J connectivity index is 1.37. The highest BCUT2D eigenvalue weighted by molar-refractivity contribution is 5.49. The summed E-state index contributed by atoms with van der Waals surface area (Å²) in [5.74, 6) is 1.79. The number of nitrogens with zero attached hydrogens (tertiary/aromatic N) is 4. The molecule has 0 radical (unpaired) electrons. The lowest BCUT2D eigenvalue weighted by Gasteiger charge is -2.25. The van der Waals surface area contributed by atoms with Crippen LogP contribution in [0.25, 0.3) is 0 Å². The van der Waals surface area contributed by atoms with E-state index in [4.69, 9.17) is 18.9 Å². The summed E-state index contributed by atoms with van der Waals surface area (Å²) in [5.41, 5.74) is 4.65. The summed E-state index contributed by atoms with van der Waals surface area (Å²) >= 11 is 0. The lowest BCUT2D eigenvalue weighted by atomic mass is 10.1. The van der Waals surface area contributed by atoms with Gasteiger partial charge < -0.3 is 23.7 Å². The standard InChI is InChI=1S/C28H36N4O3/c1-22-27(21-30-14-16-34-17-15-30)35-28(29-22)32(20-24-6-5-7-26(18-24)33-2)19-23-8-10-25(11-9-23)31-12-3-4-13-31/h5-11,18H,3-4,12-17,19-21H2,1-2H3. The van der Waals surface area contributed by atoms with E-state index in [1.54, 1.807) is 7.11 Å². The molecule has 2 fully saturated rings. The molecule has 2 saturated heterocycles. The van der Waals surface area contributed by atoms with Crippen molar-refractivity contribution in [1.29, 1.82) is 0 Å². The van der Waals surface area contributed by atoms with Gasteiger partial charge in [-0.3, -0.25) is 4.90 Å². The largest absolute Gasteiger partial charge is 0.497 e. The maximum atomic E-state index is 6.38. The molecule has 7 heteroatoms. The second-order valence-electron chi connectivity index (χ2n) is 9.46. The molecule has 2 aliphatic rings. The quantitative estimate of drug-likeness (QED) is 0.446. The molecule has 3 heterocycles. The number of aromatic nitrogens is 1. The third-order valence-electron chi connectivity index (χ3n) is 6.91. The minimum atomic E-state index is 0.664. The smallest absolute Gasteiger partial charge is 0.298 e. The van der Waals surface area contributed by atoms with Crippen LogP contribution >= 0.6 is 0 Å². The van der Waals surface area contributed by atoms with Gasteiger partial charge in [-0.2, -0.15) is 4.98 Å². The van der Waals surface area contributed by atoms with Crippen LogP contribution in [-0.2, 0) is 24.4 Å². The molecule has 5 rings (SSSR count). The number of rotatable bonds is 9. The van der Waals surface area contributed by atoms with Crippen molar-refractivity contribution >= 4 is 11.7 Å². The predicted molar refractivity (Wildman–Crippen MR) is 138 cm³/mol. The summed E-state index contributed by atoms with van der Waals surface area (Å²) in [5, 5.41) is 0. The summed E-state index contributed by atoms with van der Waals surface area (Å²) < 4.78 is 17.3. The van der Waals surface area contributed by atoms with E-state index >= 15 is 0 Å². The van der Waals surface area contributed by atoms with E-state index in [1.165, 1.54) is 24.1 Å². The number of hydrogen-bond donors (Lipinski definition) is 0. The molecular formula is C28H36N4O3. The average Bonchev–Trinajstić information content (AvgIpc) is 3.55. The van der Waals surface area contributed by atoms with Crippen LogP contribution < -0.4 is 14.5 Å². The number of methoxy groups -OCH3 is 1. The molecule has 7 nitrogen and oxygen atoms in total. The lowest BCUT2D eigenvalue weighted by Crippen LogP contribution is -2.35. The van der Waals surface area contributed by atoms with Gasteiger partial charge in [-0.25, -0.2) is 0 Å². The highest BCUT2D eigenvalue weighted by Crippen LogP contribution is 2.26.